The number of hydrogen-bond donors (Lipinski definition) is 1. The molecule has 0 aromatic carbocycles. The van der Waals surface area contributed by atoms with E-state index in [9.17, 15) is 5.11 Å². The Balaban J connectivity index is 1.94. The van der Waals surface area contributed by atoms with Gasteiger partial charge >= 0.3 is 0 Å². The summed E-state index contributed by atoms with van der Waals surface area (Å²) in [6, 6.07) is 0.798. The minimum Gasteiger partial charge on any atom is -0.392 e. The Morgan fingerprint density at radius 3 is 2.71 bits per heavy atom. The Labute approximate surface area is 87.3 Å². The maximum Gasteiger partial charge on any atom is 0.0639 e. The van der Waals surface area contributed by atoms with Crippen LogP contribution in [-0.2, 0) is 0 Å². The topological polar surface area (TPSA) is 23.5 Å². The van der Waals surface area contributed by atoms with Crippen LogP contribution in [0.1, 0.15) is 45.4 Å². The summed E-state index contributed by atoms with van der Waals surface area (Å²) in [5.74, 6) is 0.941. The number of fused-ring (bicyclic) bond motifs is 1. The molecule has 0 unspecified atom stereocenters. The van der Waals surface area contributed by atoms with Crippen molar-refractivity contribution in [3.8, 4) is 0 Å². The minimum atomic E-state index is -0.157. The molecule has 1 heterocycles. The lowest BCUT2D eigenvalue weighted by Gasteiger charge is -2.44. The average molecular weight is 197 g/mol. The van der Waals surface area contributed by atoms with Gasteiger partial charge in [0.15, 0.2) is 0 Å². The zero-order chi connectivity index (χ0) is 9.97. The number of aliphatic hydroxyl groups is 1. The van der Waals surface area contributed by atoms with Crippen LogP contribution in [0.3, 0.4) is 0 Å². The minimum absolute atomic E-state index is 0.157. The first-order valence-electron chi connectivity index (χ1n) is 6.19. The Kier molecular flexibility index (Phi) is 3.45. The number of hydrogen-bond acceptors (Lipinski definition) is 2. The third kappa shape index (κ3) is 2.29. The van der Waals surface area contributed by atoms with Gasteiger partial charge in [-0.1, -0.05) is 12.8 Å². The zero-order valence-corrected chi connectivity index (χ0v) is 9.28. The normalized spacial score (nSPS) is 36.4. The highest BCUT2D eigenvalue weighted by Crippen LogP contribution is 2.35. The Hall–Kier alpha value is -0.0800. The van der Waals surface area contributed by atoms with Crippen molar-refractivity contribution >= 4 is 0 Å². The molecule has 3 atom stereocenters. The van der Waals surface area contributed by atoms with Crippen LogP contribution in [0.5, 0.6) is 0 Å². The maximum atomic E-state index is 9.45. The molecular weight excluding hydrogens is 174 g/mol. The van der Waals surface area contributed by atoms with Gasteiger partial charge in [-0.3, -0.25) is 4.90 Å². The molecule has 1 aliphatic carbocycles. The molecule has 0 amide bonds. The predicted molar refractivity (Wildman–Crippen MR) is 58.2 cm³/mol. The van der Waals surface area contributed by atoms with Crippen molar-refractivity contribution in [1.82, 2.24) is 4.90 Å². The molecular formula is C12H23NO. The van der Waals surface area contributed by atoms with E-state index >= 15 is 0 Å². The lowest BCUT2D eigenvalue weighted by molar-refractivity contribution is 0.0261. The molecule has 82 valence electrons. The summed E-state index contributed by atoms with van der Waals surface area (Å²) in [5, 5.41) is 9.45. The lowest BCUT2D eigenvalue weighted by Crippen LogP contribution is -2.49. The van der Waals surface area contributed by atoms with Gasteiger partial charge in [0.1, 0.15) is 0 Å². The van der Waals surface area contributed by atoms with Gasteiger partial charge in [-0.15, -0.1) is 0 Å². The van der Waals surface area contributed by atoms with Crippen molar-refractivity contribution in [1.29, 1.82) is 0 Å². The molecule has 1 saturated heterocycles. The van der Waals surface area contributed by atoms with Crippen LogP contribution in [0.2, 0.25) is 0 Å². The molecule has 1 N–H and O–H groups in total. The second kappa shape index (κ2) is 4.63. The second-order valence-electron chi connectivity index (χ2n) is 5.10. The molecule has 2 heteroatoms. The second-order valence-corrected chi connectivity index (χ2v) is 5.10. The van der Waals surface area contributed by atoms with E-state index in [1.54, 1.807) is 0 Å². The summed E-state index contributed by atoms with van der Waals surface area (Å²) < 4.78 is 0. The predicted octanol–water partition coefficient (Wildman–Crippen LogP) is 2.02. The SMILES string of the molecule is C[C@@H](O)CN1CCC[C@H]2CCCC[C@H]21. The number of piperidine rings is 1. The fourth-order valence-corrected chi connectivity index (χ4v) is 3.29. The van der Waals surface area contributed by atoms with Crippen molar-refractivity contribution in [3.05, 3.63) is 0 Å². The fourth-order valence-electron chi connectivity index (χ4n) is 3.29. The molecule has 2 rings (SSSR count). The number of β-amino-alcohol motifs (C(OH)–C–C–N with tert-alkyl or cyclic N) is 1. The van der Waals surface area contributed by atoms with Gasteiger partial charge in [-0.2, -0.15) is 0 Å². The third-order valence-corrected chi connectivity index (χ3v) is 3.86. The van der Waals surface area contributed by atoms with Crippen LogP contribution in [0.25, 0.3) is 0 Å². The van der Waals surface area contributed by atoms with Gasteiger partial charge in [-0.05, 0) is 45.1 Å². The van der Waals surface area contributed by atoms with Gasteiger partial charge in [0.25, 0.3) is 0 Å². The largest absolute Gasteiger partial charge is 0.392 e. The summed E-state index contributed by atoms with van der Waals surface area (Å²) in [7, 11) is 0. The quantitative estimate of drug-likeness (QED) is 0.732. The van der Waals surface area contributed by atoms with E-state index in [0.29, 0.717) is 0 Å². The molecule has 2 fully saturated rings. The monoisotopic (exact) mass is 197 g/mol. The highest BCUT2D eigenvalue weighted by atomic mass is 16.3. The smallest absolute Gasteiger partial charge is 0.0639 e. The standard InChI is InChI=1S/C12H23NO/c1-10(14)9-13-8-4-6-11-5-2-3-7-12(11)13/h10-12,14H,2-9H2,1H3/t10-,11-,12-/m1/s1. The van der Waals surface area contributed by atoms with Crippen LogP contribution >= 0.6 is 0 Å². The van der Waals surface area contributed by atoms with Gasteiger partial charge in [0, 0.05) is 12.6 Å². The van der Waals surface area contributed by atoms with Crippen molar-refractivity contribution < 1.29 is 5.11 Å². The molecule has 14 heavy (non-hydrogen) atoms. The number of rotatable bonds is 2. The molecule has 0 radical (unpaired) electrons. The summed E-state index contributed by atoms with van der Waals surface area (Å²) in [6.07, 6.45) is 8.25. The number of likely N-dealkylation sites (tertiary alicyclic amines) is 1. The van der Waals surface area contributed by atoms with Crippen molar-refractivity contribution in [2.24, 2.45) is 5.92 Å². The molecule has 2 nitrogen and oxygen atoms in total. The van der Waals surface area contributed by atoms with Gasteiger partial charge in [-0.25, -0.2) is 0 Å². The Morgan fingerprint density at radius 2 is 1.93 bits per heavy atom. The molecule has 0 spiro atoms. The lowest BCUT2D eigenvalue weighted by atomic mass is 9.78. The average Bonchev–Trinajstić information content (AvgIpc) is 2.18. The first kappa shape index (κ1) is 10.4. The number of aliphatic hydroxyl groups excluding tert-OH is 1. The summed E-state index contributed by atoms with van der Waals surface area (Å²) >= 11 is 0. The van der Waals surface area contributed by atoms with Gasteiger partial charge in [0.05, 0.1) is 6.10 Å². The third-order valence-electron chi connectivity index (χ3n) is 3.86. The van der Waals surface area contributed by atoms with E-state index in [4.69, 9.17) is 0 Å². The summed E-state index contributed by atoms with van der Waals surface area (Å²) in [6.45, 7) is 4.01. The zero-order valence-electron chi connectivity index (χ0n) is 9.28. The van der Waals surface area contributed by atoms with Gasteiger partial charge in [0.2, 0.25) is 0 Å². The van der Waals surface area contributed by atoms with E-state index < -0.39 is 0 Å². The van der Waals surface area contributed by atoms with Crippen molar-refractivity contribution in [3.63, 3.8) is 0 Å². The van der Waals surface area contributed by atoms with E-state index in [-0.39, 0.29) is 6.10 Å². The number of nitrogens with zero attached hydrogens (tertiary/aromatic N) is 1. The van der Waals surface area contributed by atoms with E-state index in [2.05, 4.69) is 4.90 Å². The molecule has 2 aliphatic rings. The van der Waals surface area contributed by atoms with Gasteiger partial charge < -0.3 is 5.11 Å². The Morgan fingerprint density at radius 1 is 1.21 bits per heavy atom. The van der Waals surface area contributed by atoms with E-state index in [0.717, 1.165) is 18.5 Å². The van der Waals surface area contributed by atoms with E-state index in [1.807, 2.05) is 6.92 Å². The van der Waals surface area contributed by atoms with Crippen molar-refractivity contribution in [2.45, 2.75) is 57.6 Å². The van der Waals surface area contributed by atoms with Crippen LogP contribution in [0.15, 0.2) is 0 Å². The summed E-state index contributed by atoms with van der Waals surface area (Å²) in [5.41, 5.74) is 0. The molecule has 0 bridgehead atoms. The molecule has 1 aliphatic heterocycles. The molecule has 0 aromatic rings. The van der Waals surface area contributed by atoms with Crippen LogP contribution < -0.4 is 0 Å². The molecule has 1 saturated carbocycles. The van der Waals surface area contributed by atoms with Crippen LogP contribution in [0.4, 0.5) is 0 Å². The maximum absolute atomic E-state index is 9.45. The van der Waals surface area contributed by atoms with Crippen LogP contribution in [-0.4, -0.2) is 35.2 Å². The first-order valence-corrected chi connectivity index (χ1v) is 6.19. The Bertz CT molecular complexity index is 179. The highest BCUT2D eigenvalue weighted by molar-refractivity contribution is 4.87. The van der Waals surface area contributed by atoms with Crippen molar-refractivity contribution in [2.75, 3.05) is 13.1 Å². The summed E-state index contributed by atoms with van der Waals surface area (Å²) in [4.78, 5) is 2.54. The highest BCUT2D eigenvalue weighted by Gasteiger charge is 2.33. The molecule has 0 aromatic heterocycles. The first-order chi connectivity index (χ1) is 6.77. The fraction of sp³-hybridized carbons (Fsp3) is 1.00. The van der Waals surface area contributed by atoms with E-state index in [1.165, 1.54) is 45.1 Å². The van der Waals surface area contributed by atoms with Crippen LogP contribution in [0, 0.1) is 5.92 Å².